The standard InChI is InChI=1S/C12H15FN2O/c1-8-6-7-14-11(8)12(16)15-10-4-2-9(13)3-5-10/h2-5,8,11,14H,6-7H2,1H3,(H,15,16). The lowest BCUT2D eigenvalue weighted by molar-refractivity contribution is -0.118. The molecule has 4 heteroatoms. The molecule has 0 saturated carbocycles. The summed E-state index contributed by atoms with van der Waals surface area (Å²) in [5.74, 6) is 0.00224. The molecule has 2 rings (SSSR count). The summed E-state index contributed by atoms with van der Waals surface area (Å²) in [7, 11) is 0. The van der Waals surface area contributed by atoms with Crippen LogP contribution in [0, 0.1) is 11.7 Å². The maximum Gasteiger partial charge on any atom is 0.241 e. The Labute approximate surface area is 94.0 Å². The lowest BCUT2D eigenvalue weighted by atomic mass is 10.0. The van der Waals surface area contributed by atoms with Crippen molar-refractivity contribution in [2.24, 2.45) is 5.92 Å². The average molecular weight is 222 g/mol. The van der Waals surface area contributed by atoms with Gasteiger partial charge in [0.25, 0.3) is 0 Å². The van der Waals surface area contributed by atoms with Gasteiger partial charge in [0.15, 0.2) is 0 Å². The van der Waals surface area contributed by atoms with Crippen molar-refractivity contribution in [2.75, 3.05) is 11.9 Å². The molecule has 2 N–H and O–H groups in total. The Morgan fingerprint density at radius 1 is 1.44 bits per heavy atom. The molecule has 0 bridgehead atoms. The summed E-state index contributed by atoms with van der Waals surface area (Å²) in [5, 5.41) is 5.93. The summed E-state index contributed by atoms with van der Waals surface area (Å²) >= 11 is 0. The van der Waals surface area contributed by atoms with Gasteiger partial charge in [0.1, 0.15) is 5.82 Å². The number of rotatable bonds is 2. The third kappa shape index (κ3) is 2.39. The number of hydrogen-bond donors (Lipinski definition) is 2. The van der Waals surface area contributed by atoms with E-state index in [0.717, 1.165) is 13.0 Å². The van der Waals surface area contributed by atoms with E-state index in [9.17, 15) is 9.18 Å². The molecule has 3 nitrogen and oxygen atoms in total. The highest BCUT2D eigenvalue weighted by Crippen LogP contribution is 2.16. The molecule has 0 aromatic heterocycles. The molecule has 1 aliphatic rings. The zero-order valence-electron chi connectivity index (χ0n) is 9.16. The van der Waals surface area contributed by atoms with Gasteiger partial charge in [0.05, 0.1) is 6.04 Å². The van der Waals surface area contributed by atoms with Crippen molar-refractivity contribution in [2.45, 2.75) is 19.4 Å². The van der Waals surface area contributed by atoms with Gasteiger partial charge in [-0.3, -0.25) is 4.79 Å². The van der Waals surface area contributed by atoms with Gasteiger partial charge >= 0.3 is 0 Å². The fourth-order valence-electron chi connectivity index (χ4n) is 1.94. The van der Waals surface area contributed by atoms with E-state index in [4.69, 9.17) is 0 Å². The molecule has 0 radical (unpaired) electrons. The van der Waals surface area contributed by atoms with Gasteiger partial charge in [-0.1, -0.05) is 6.92 Å². The monoisotopic (exact) mass is 222 g/mol. The van der Waals surface area contributed by atoms with Crippen molar-refractivity contribution in [1.82, 2.24) is 5.32 Å². The van der Waals surface area contributed by atoms with Crippen LogP contribution in [0.2, 0.25) is 0 Å². The maximum absolute atomic E-state index is 12.7. The Kier molecular flexibility index (Phi) is 3.19. The summed E-state index contributed by atoms with van der Waals surface area (Å²) in [6, 6.07) is 5.66. The normalized spacial score (nSPS) is 24.4. The van der Waals surface area contributed by atoms with E-state index in [-0.39, 0.29) is 17.8 Å². The van der Waals surface area contributed by atoms with Crippen molar-refractivity contribution >= 4 is 11.6 Å². The first-order valence-electron chi connectivity index (χ1n) is 5.46. The molecule has 1 aliphatic heterocycles. The lowest BCUT2D eigenvalue weighted by Gasteiger charge is -2.15. The quantitative estimate of drug-likeness (QED) is 0.800. The molecule has 2 unspecified atom stereocenters. The van der Waals surface area contributed by atoms with E-state index in [0.29, 0.717) is 11.6 Å². The second kappa shape index (κ2) is 4.61. The smallest absolute Gasteiger partial charge is 0.241 e. The van der Waals surface area contributed by atoms with E-state index in [1.165, 1.54) is 12.1 Å². The van der Waals surface area contributed by atoms with E-state index < -0.39 is 0 Å². The summed E-state index contributed by atoms with van der Waals surface area (Å²) in [4.78, 5) is 11.8. The highest BCUT2D eigenvalue weighted by atomic mass is 19.1. The first-order valence-corrected chi connectivity index (χ1v) is 5.46. The van der Waals surface area contributed by atoms with Crippen LogP contribution >= 0.6 is 0 Å². The van der Waals surface area contributed by atoms with Crippen LogP contribution in [0.25, 0.3) is 0 Å². The SMILES string of the molecule is CC1CCNC1C(=O)Nc1ccc(F)cc1. The third-order valence-corrected chi connectivity index (χ3v) is 2.93. The van der Waals surface area contributed by atoms with Gasteiger partial charge in [-0.15, -0.1) is 0 Å². The summed E-state index contributed by atoms with van der Waals surface area (Å²) in [5.41, 5.74) is 0.632. The number of amides is 1. The van der Waals surface area contributed by atoms with Gasteiger partial charge < -0.3 is 10.6 Å². The molecule has 16 heavy (non-hydrogen) atoms. The highest BCUT2D eigenvalue weighted by Gasteiger charge is 2.29. The number of carbonyl (C=O) groups excluding carboxylic acids is 1. The van der Waals surface area contributed by atoms with Crippen molar-refractivity contribution in [3.63, 3.8) is 0 Å². The minimum atomic E-state index is -0.301. The minimum Gasteiger partial charge on any atom is -0.325 e. The second-order valence-electron chi connectivity index (χ2n) is 4.19. The van der Waals surface area contributed by atoms with Gasteiger partial charge in [0, 0.05) is 5.69 Å². The molecule has 1 heterocycles. The van der Waals surface area contributed by atoms with Crippen molar-refractivity contribution in [1.29, 1.82) is 0 Å². The molecule has 86 valence electrons. The third-order valence-electron chi connectivity index (χ3n) is 2.93. The van der Waals surface area contributed by atoms with E-state index in [2.05, 4.69) is 17.6 Å². The number of hydrogen-bond acceptors (Lipinski definition) is 2. The van der Waals surface area contributed by atoms with Crippen LogP contribution in [0.5, 0.6) is 0 Å². The van der Waals surface area contributed by atoms with E-state index in [1.807, 2.05) is 0 Å². The van der Waals surface area contributed by atoms with Crippen molar-refractivity contribution in [3.05, 3.63) is 30.1 Å². The Balaban J connectivity index is 1.99. The van der Waals surface area contributed by atoms with Crippen molar-refractivity contribution in [3.8, 4) is 0 Å². The van der Waals surface area contributed by atoms with Gasteiger partial charge in [0.2, 0.25) is 5.91 Å². The molecule has 1 aromatic carbocycles. The molecule has 1 fully saturated rings. The average Bonchev–Trinajstić information content (AvgIpc) is 2.68. The predicted molar refractivity (Wildman–Crippen MR) is 60.6 cm³/mol. The number of halogens is 1. The van der Waals surface area contributed by atoms with Gasteiger partial charge in [-0.2, -0.15) is 0 Å². The first kappa shape index (κ1) is 11.1. The minimum absolute atomic E-state index is 0.0448. The molecule has 1 saturated heterocycles. The van der Waals surface area contributed by atoms with Gasteiger partial charge in [-0.05, 0) is 43.1 Å². The van der Waals surface area contributed by atoms with Crippen LogP contribution in [0.15, 0.2) is 24.3 Å². The Morgan fingerprint density at radius 3 is 2.69 bits per heavy atom. The summed E-state index contributed by atoms with van der Waals surface area (Å²) in [6.45, 7) is 2.93. The van der Waals surface area contributed by atoms with Crippen LogP contribution in [-0.2, 0) is 4.79 Å². The first-order chi connectivity index (χ1) is 7.66. The van der Waals surface area contributed by atoms with Crippen LogP contribution in [0.4, 0.5) is 10.1 Å². The van der Waals surface area contributed by atoms with Crippen LogP contribution in [0.3, 0.4) is 0 Å². The topological polar surface area (TPSA) is 41.1 Å². The molecule has 1 aromatic rings. The zero-order chi connectivity index (χ0) is 11.5. The summed E-state index contributed by atoms with van der Waals surface area (Å²) in [6.07, 6.45) is 1.02. The lowest BCUT2D eigenvalue weighted by Crippen LogP contribution is -2.39. The fourth-order valence-corrected chi connectivity index (χ4v) is 1.94. The summed E-state index contributed by atoms with van der Waals surface area (Å²) < 4.78 is 12.7. The number of nitrogens with one attached hydrogen (secondary N) is 2. The number of anilines is 1. The van der Waals surface area contributed by atoms with Gasteiger partial charge in [-0.25, -0.2) is 4.39 Å². The van der Waals surface area contributed by atoms with Crippen LogP contribution < -0.4 is 10.6 Å². The Morgan fingerprint density at radius 2 is 2.12 bits per heavy atom. The Bertz CT molecular complexity index is 377. The molecular weight excluding hydrogens is 207 g/mol. The molecule has 0 aliphatic carbocycles. The molecule has 2 atom stereocenters. The number of carbonyl (C=O) groups is 1. The zero-order valence-corrected chi connectivity index (χ0v) is 9.16. The van der Waals surface area contributed by atoms with Crippen molar-refractivity contribution < 1.29 is 9.18 Å². The predicted octanol–water partition coefficient (Wildman–Crippen LogP) is 1.76. The molecule has 1 amide bonds. The fraction of sp³-hybridized carbons (Fsp3) is 0.417. The molecular formula is C12H15FN2O. The highest BCUT2D eigenvalue weighted by molar-refractivity contribution is 5.95. The number of benzene rings is 1. The molecule has 0 spiro atoms. The van der Waals surface area contributed by atoms with E-state index >= 15 is 0 Å². The van der Waals surface area contributed by atoms with Crippen LogP contribution in [0.1, 0.15) is 13.3 Å². The second-order valence-corrected chi connectivity index (χ2v) is 4.19. The van der Waals surface area contributed by atoms with E-state index in [1.54, 1.807) is 12.1 Å². The largest absolute Gasteiger partial charge is 0.325 e. The maximum atomic E-state index is 12.7. The van der Waals surface area contributed by atoms with Crippen LogP contribution in [-0.4, -0.2) is 18.5 Å². The Hall–Kier alpha value is -1.42.